The van der Waals surface area contributed by atoms with E-state index in [0.29, 0.717) is 11.6 Å². The Kier molecular flexibility index (Phi) is 4.48. The second-order valence-electron chi connectivity index (χ2n) is 5.39. The summed E-state index contributed by atoms with van der Waals surface area (Å²) in [7, 11) is -3.53. The van der Waals surface area contributed by atoms with E-state index in [1.807, 2.05) is 26.0 Å². The van der Waals surface area contributed by atoms with Crippen molar-refractivity contribution in [3.63, 3.8) is 0 Å². The average molecular weight is 363 g/mol. The van der Waals surface area contributed by atoms with Gasteiger partial charge in [0.2, 0.25) is 10.0 Å². The Balaban J connectivity index is 2.07. The number of anilines is 1. The smallest absolute Gasteiger partial charge is 0.210 e. The van der Waals surface area contributed by atoms with Gasteiger partial charge in [0, 0.05) is 29.4 Å². The van der Waals surface area contributed by atoms with E-state index >= 15 is 0 Å². The zero-order valence-electron chi connectivity index (χ0n) is 13.3. The molecule has 3 aromatic rings. The summed E-state index contributed by atoms with van der Waals surface area (Å²) in [5, 5.41) is 9.06. The topological polar surface area (TPSA) is 111 Å². The molecule has 24 heavy (non-hydrogen) atoms. The number of hydrogen-bond acceptors (Lipinski definition) is 7. The van der Waals surface area contributed by atoms with Gasteiger partial charge in [-0.05, 0) is 31.5 Å². The lowest BCUT2D eigenvalue weighted by atomic mass is 10.2. The molecule has 0 aliphatic rings. The molecule has 3 heterocycles. The van der Waals surface area contributed by atoms with Crippen molar-refractivity contribution in [1.82, 2.24) is 15.0 Å². The zero-order chi connectivity index (χ0) is 17.3. The molecule has 3 N–H and O–H groups in total. The summed E-state index contributed by atoms with van der Waals surface area (Å²) in [4.78, 5) is 15.3. The lowest BCUT2D eigenvalue weighted by molar-refractivity contribution is 0.598. The number of nitrogens with two attached hydrogens (primary N) is 1. The van der Waals surface area contributed by atoms with Crippen molar-refractivity contribution in [1.29, 1.82) is 0 Å². The van der Waals surface area contributed by atoms with Gasteiger partial charge in [0.05, 0.1) is 11.1 Å². The highest BCUT2D eigenvalue weighted by molar-refractivity contribution is 7.89. The lowest BCUT2D eigenvalue weighted by Crippen LogP contribution is -2.22. The van der Waals surface area contributed by atoms with Gasteiger partial charge in [-0.3, -0.25) is 4.98 Å². The van der Waals surface area contributed by atoms with Crippen LogP contribution in [-0.4, -0.2) is 35.7 Å². The summed E-state index contributed by atoms with van der Waals surface area (Å²) < 4.78 is 22.3. The molecule has 0 aromatic carbocycles. The maximum Gasteiger partial charge on any atom is 0.210 e. The molecule has 3 rings (SSSR count). The van der Waals surface area contributed by atoms with E-state index in [9.17, 15) is 8.42 Å². The molecule has 0 aliphatic carbocycles. The highest BCUT2D eigenvalue weighted by Gasteiger charge is 2.16. The van der Waals surface area contributed by atoms with E-state index in [0.717, 1.165) is 26.2 Å². The first-order valence-corrected chi connectivity index (χ1v) is 9.81. The van der Waals surface area contributed by atoms with Gasteiger partial charge in [0.15, 0.2) is 5.82 Å². The molecule has 0 radical (unpaired) electrons. The summed E-state index contributed by atoms with van der Waals surface area (Å²) in [5.74, 6) is 1.00. The van der Waals surface area contributed by atoms with Crippen LogP contribution in [0.4, 0.5) is 5.82 Å². The van der Waals surface area contributed by atoms with Gasteiger partial charge >= 0.3 is 0 Å². The fourth-order valence-corrected chi connectivity index (χ4v) is 3.73. The van der Waals surface area contributed by atoms with Gasteiger partial charge in [-0.2, -0.15) is 0 Å². The van der Waals surface area contributed by atoms with Crippen LogP contribution >= 0.6 is 11.3 Å². The van der Waals surface area contributed by atoms with Gasteiger partial charge < -0.3 is 5.32 Å². The SMILES string of the molecule is Cc1sc2nc(-c3cccnc3)nc(NCCS(N)(=O)=O)c2c1C. The minimum absolute atomic E-state index is 0.164. The maximum absolute atomic E-state index is 11.1. The van der Waals surface area contributed by atoms with Crippen molar-refractivity contribution in [3.8, 4) is 11.4 Å². The van der Waals surface area contributed by atoms with Gasteiger partial charge in [-0.15, -0.1) is 11.3 Å². The lowest BCUT2D eigenvalue weighted by Gasteiger charge is -2.09. The van der Waals surface area contributed by atoms with Gasteiger partial charge in [0.25, 0.3) is 0 Å². The number of pyridine rings is 1. The van der Waals surface area contributed by atoms with E-state index in [-0.39, 0.29) is 12.3 Å². The molecule has 0 fully saturated rings. The van der Waals surface area contributed by atoms with Crippen molar-refractivity contribution in [2.24, 2.45) is 5.14 Å². The normalized spacial score (nSPS) is 11.8. The van der Waals surface area contributed by atoms with Crippen LogP contribution < -0.4 is 10.5 Å². The predicted octanol–water partition coefficient (Wildman–Crippen LogP) is 2.07. The third-order valence-corrected chi connectivity index (χ3v) is 5.50. The minimum Gasteiger partial charge on any atom is -0.368 e. The molecular weight excluding hydrogens is 346 g/mol. The Labute approximate surface area is 144 Å². The van der Waals surface area contributed by atoms with Crippen LogP contribution in [0.3, 0.4) is 0 Å². The zero-order valence-corrected chi connectivity index (χ0v) is 14.9. The Morgan fingerprint density at radius 1 is 1.29 bits per heavy atom. The highest BCUT2D eigenvalue weighted by atomic mass is 32.2. The second-order valence-corrected chi connectivity index (χ2v) is 8.33. The van der Waals surface area contributed by atoms with E-state index < -0.39 is 10.0 Å². The Morgan fingerprint density at radius 3 is 2.75 bits per heavy atom. The number of hydrogen-bond donors (Lipinski definition) is 2. The maximum atomic E-state index is 11.1. The molecule has 3 aromatic heterocycles. The second kappa shape index (κ2) is 6.42. The van der Waals surface area contributed by atoms with E-state index in [1.165, 1.54) is 0 Å². The number of rotatable bonds is 5. The molecule has 0 atom stereocenters. The highest BCUT2D eigenvalue weighted by Crippen LogP contribution is 2.34. The van der Waals surface area contributed by atoms with Crippen molar-refractivity contribution in [3.05, 3.63) is 35.0 Å². The molecule has 0 saturated carbocycles. The Hall–Kier alpha value is -2.10. The standard InChI is InChI=1S/C15H17N5O2S2/c1-9-10(2)23-15-12(9)14(18-6-7-24(16,21)22)19-13(20-15)11-4-3-5-17-8-11/h3-5,8H,6-7H2,1-2H3,(H2,16,21,22)(H,18,19,20). The van der Waals surface area contributed by atoms with Crippen molar-refractivity contribution in [2.75, 3.05) is 17.6 Å². The monoisotopic (exact) mass is 363 g/mol. The van der Waals surface area contributed by atoms with Crippen LogP contribution in [-0.2, 0) is 10.0 Å². The van der Waals surface area contributed by atoms with Gasteiger partial charge in [-0.1, -0.05) is 0 Å². The van der Waals surface area contributed by atoms with Gasteiger partial charge in [0.1, 0.15) is 10.6 Å². The molecule has 9 heteroatoms. The van der Waals surface area contributed by atoms with E-state index in [1.54, 1.807) is 23.7 Å². The van der Waals surface area contributed by atoms with E-state index in [4.69, 9.17) is 5.14 Å². The van der Waals surface area contributed by atoms with Crippen LogP contribution in [0.15, 0.2) is 24.5 Å². The molecule has 0 aliphatic heterocycles. The number of fused-ring (bicyclic) bond motifs is 1. The number of primary sulfonamides is 1. The predicted molar refractivity (Wildman–Crippen MR) is 96.6 cm³/mol. The summed E-state index contributed by atoms with van der Waals surface area (Å²) in [6.07, 6.45) is 3.38. The van der Waals surface area contributed by atoms with Gasteiger partial charge in [-0.25, -0.2) is 23.5 Å². The number of thiophene rings is 1. The molecular formula is C15H17N5O2S2. The van der Waals surface area contributed by atoms with Crippen molar-refractivity contribution in [2.45, 2.75) is 13.8 Å². The number of sulfonamides is 1. The number of aromatic nitrogens is 3. The fourth-order valence-electron chi connectivity index (χ4n) is 2.31. The van der Waals surface area contributed by atoms with Crippen molar-refractivity contribution >= 4 is 37.4 Å². The molecule has 0 spiro atoms. The van der Waals surface area contributed by atoms with Crippen LogP contribution in [0.25, 0.3) is 21.6 Å². The summed E-state index contributed by atoms with van der Waals surface area (Å²) in [6.45, 7) is 4.22. The number of nitrogens with zero attached hydrogens (tertiary/aromatic N) is 3. The number of aryl methyl sites for hydroxylation is 2. The molecule has 0 bridgehead atoms. The first-order chi connectivity index (χ1) is 11.3. The molecule has 0 amide bonds. The first kappa shape index (κ1) is 16.7. The Bertz CT molecular complexity index is 984. The molecule has 0 saturated heterocycles. The van der Waals surface area contributed by atoms with E-state index in [2.05, 4.69) is 20.3 Å². The van der Waals surface area contributed by atoms with Crippen LogP contribution in [0, 0.1) is 13.8 Å². The molecule has 0 unspecified atom stereocenters. The first-order valence-electron chi connectivity index (χ1n) is 7.27. The summed E-state index contributed by atoms with van der Waals surface area (Å²) >= 11 is 1.59. The minimum atomic E-state index is -3.53. The fraction of sp³-hybridized carbons (Fsp3) is 0.267. The summed E-state index contributed by atoms with van der Waals surface area (Å²) in [6, 6.07) is 3.71. The quantitative estimate of drug-likeness (QED) is 0.718. The largest absolute Gasteiger partial charge is 0.368 e. The average Bonchev–Trinajstić information content (AvgIpc) is 2.82. The van der Waals surface area contributed by atoms with Crippen LogP contribution in [0.5, 0.6) is 0 Å². The van der Waals surface area contributed by atoms with Crippen LogP contribution in [0.1, 0.15) is 10.4 Å². The van der Waals surface area contributed by atoms with Crippen molar-refractivity contribution < 1.29 is 8.42 Å². The van der Waals surface area contributed by atoms with Crippen LogP contribution in [0.2, 0.25) is 0 Å². The molecule has 7 nitrogen and oxygen atoms in total. The summed E-state index contributed by atoms with van der Waals surface area (Å²) in [5.41, 5.74) is 1.89. The third kappa shape index (κ3) is 3.53. The Morgan fingerprint density at radius 2 is 2.08 bits per heavy atom. The molecule has 126 valence electrons. The third-order valence-electron chi connectivity index (χ3n) is 3.63. The number of nitrogens with one attached hydrogen (secondary N) is 1.